The monoisotopic (exact) mass is 442 g/mol. The number of Topliss-reactive ketones (excluding diaryl/α,β-unsaturated/α-hetero) is 1. The normalized spacial score (nSPS) is 21.5. The number of aromatic nitrogens is 2. The van der Waals surface area contributed by atoms with E-state index in [1.165, 1.54) is 11.0 Å². The van der Waals surface area contributed by atoms with E-state index in [-0.39, 0.29) is 23.4 Å². The average molecular weight is 442 g/mol. The standard InChI is InChI=1S/C23H27FN4O4/c1-14-18(15(2)26-25-14)21(29)19-20(16-6-3-4-7-17(16)24)28(23(31)22(19)30)9-5-8-27-10-12-32-13-11-27/h3-4,6-7,20,29H,5,8-13H2,1-2H3,(H,25,26). The van der Waals surface area contributed by atoms with Crippen molar-refractivity contribution < 1.29 is 23.8 Å². The number of likely N-dealkylation sites (tertiary alicyclic amines) is 1. The van der Waals surface area contributed by atoms with Gasteiger partial charge in [-0.15, -0.1) is 0 Å². The van der Waals surface area contributed by atoms with Crippen molar-refractivity contribution in [3.05, 3.63) is 58.2 Å². The highest BCUT2D eigenvalue weighted by Gasteiger charge is 2.47. The third-order valence-corrected chi connectivity index (χ3v) is 6.08. The fraction of sp³-hybridized carbons (Fsp3) is 0.435. The molecule has 0 aliphatic carbocycles. The van der Waals surface area contributed by atoms with Gasteiger partial charge in [-0.1, -0.05) is 18.2 Å². The first kappa shape index (κ1) is 22.2. The molecule has 1 atom stereocenters. The van der Waals surface area contributed by atoms with Crippen LogP contribution >= 0.6 is 0 Å². The summed E-state index contributed by atoms with van der Waals surface area (Å²) in [6.45, 7) is 7.37. The molecule has 1 aromatic carbocycles. The number of rotatable bonds is 6. The molecule has 2 aromatic rings. The van der Waals surface area contributed by atoms with Gasteiger partial charge in [-0.2, -0.15) is 5.10 Å². The first-order valence-corrected chi connectivity index (χ1v) is 10.7. The van der Waals surface area contributed by atoms with Crippen LogP contribution < -0.4 is 0 Å². The van der Waals surface area contributed by atoms with Gasteiger partial charge in [0.1, 0.15) is 11.6 Å². The fourth-order valence-electron chi connectivity index (χ4n) is 4.45. The van der Waals surface area contributed by atoms with Crippen LogP contribution in [0.25, 0.3) is 5.76 Å². The Kier molecular flexibility index (Phi) is 6.38. The second kappa shape index (κ2) is 9.22. The highest BCUT2D eigenvalue weighted by molar-refractivity contribution is 6.46. The molecule has 0 radical (unpaired) electrons. The lowest BCUT2D eigenvalue weighted by atomic mass is 9.94. The van der Waals surface area contributed by atoms with Gasteiger partial charge < -0.3 is 14.7 Å². The summed E-state index contributed by atoms with van der Waals surface area (Å²) in [5.41, 5.74) is 1.48. The second-order valence-electron chi connectivity index (χ2n) is 8.13. The number of carbonyl (C=O) groups is 2. The molecule has 8 nitrogen and oxygen atoms in total. The summed E-state index contributed by atoms with van der Waals surface area (Å²) in [6, 6.07) is 5.03. The molecule has 2 N–H and O–H groups in total. The number of ether oxygens (including phenoxy) is 1. The van der Waals surface area contributed by atoms with Crippen LogP contribution in [0.3, 0.4) is 0 Å². The Morgan fingerprint density at radius 2 is 1.94 bits per heavy atom. The van der Waals surface area contributed by atoms with E-state index in [9.17, 15) is 19.1 Å². The van der Waals surface area contributed by atoms with Gasteiger partial charge >= 0.3 is 0 Å². The molecule has 0 saturated carbocycles. The number of H-pyrrole nitrogens is 1. The first-order chi connectivity index (χ1) is 15.4. The minimum absolute atomic E-state index is 0.112. The molecule has 4 rings (SSSR count). The van der Waals surface area contributed by atoms with Crippen LogP contribution in [0.4, 0.5) is 4.39 Å². The van der Waals surface area contributed by atoms with Crippen molar-refractivity contribution in [2.24, 2.45) is 0 Å². The molecule has 2 aliphatic rings. The number of morpholine rings is 1. The van der Waals surface area contributed by atoms with E-state index in [1.807, 2.05) is 0 Å². The summed E-state index contributed by atoms with van der Waals surface area (Å²) in [7, 11) is 0. The topological polar surface area (TPSA) is 98.8 Å². The number of nitrogens with one attached hydrogen (secondary N) is 1. The van der Waals surface area contributed by atoms with Crippen molar-refractivity contribution >= 4 is 17.4 Å². The van der Waals surface area contributed by atoms with Crippen LogP contribution in [0, 0.1) is 19.7 Å². The molecule has 1 amide bonds. The molecule has 1 aromatic heterocycles. The molecule has 0 spiro atoms. The van der Waals surface area contributed by atoms with E-state index in [0.717, 1.165) is 19.6 Å². The van der Waals surface area contributed by atoms with E-state index < -0.39 is 23.5 Å². The Morgan fingerprint density at radius 1 is 1.22 bits per heavy atom. The first-order valence-electron chi connectivity index (χ1n) is 10.7. The molecule has 2 fully saturated rings. The lowest BCUT2D eigenvalue weighted by molar-refractivity contribution is -0.140. The molecular weight excluding hydrogens is 415 g/mol. The Bertz CT molecular complexity index is 1040. The van der Waals surface area contributed by atoms with Crippen molar-refractivity contribution in [1.29, 1.82) is 0 Å². The lowest BCUT2D eigenvalue weighted by Gasteiger charge is -2.29. The van der Waals surface area contributed by atoms with Gasteiger partial charge in [0.2, 0.25) is 0 Å². The van der Waals surface area contributed by atoms with E-state index >= 15 is 0 Å². The molecule has 0 bridgehead atoms. The molecule has 3 heterocycles. The molecule has 170 valence electrons. The minimum atomic E-state index is -1.01. The maximum absolute atomic E-state index is 14.8. The summed E-state index contributed by atoms with van der Waals surface area (Å²) in [4.78, 5) is 29.6. The molecular formula is C23H27FN4O4. The van der Waals surface area contributed by atoms with Crippen molar-refractivity contribution in [3.63, 3.8) is 0 Å². The van der Waals surface area contributed by atoms with Gasteiger partial charge in [0.15, 0.2) is 0 Å². The summed E-state index contributed by atoms with van der Waals surface area (Å²) >= 11 is 0. The van der Waals surface area contributed by atoms with E-state index in [0.29, 0.717) is 36.6 Å². The zero-order valence-electron chi connectivity index (χ0n) is 18.2. The van der Waals surface area contributed by atoms with Crippen molar-refractivity contribution in [3.8, 4) is 0 Å². The number of aryl methyl sites for hydroxylation is 2. The summed E-state index contributed by atoms with van der Waals surface area (Å²) < 4.78 is 20.2. The number of amides is 1. The third-order valence-electron chi connectivity index (χ3n) is 6.08. The van der Waals surface area contributed by atoms with Crippen LogP contribution in [0.15, 0.2) is 29.8 Å². The van der Waals surface area contributed by atoms with Gasteiger partial charge in [0, 0.05) is 37.4 Å². The number of ketones is 1. The highest BCUT2D eigenvalue weighted by atomic mass is 19.1. The van der Waals surface area contributed by atoms with Gasteiger partial charge in [0.05, 0.1) is 36.1 Å². The van der Waals surface area contributed by atoms with Crippen molar-refractivity contribution in [2.75, 3.05) is 39.4 Å². The zero-order valence-corrected chi connectivity index (χ0v) is 18.2. The Hall–Kier alpha value is -3.04. The number of aliphatic hydroxyl groups excluding tert-OH is 1. The maximum Gasteiger partial charge on any atom is 0.295 e. The Morgan fingerprint density at radius 3 is 2.59 bits per heavy atom. The number of carbonyl (C=O) groups excluding carboxylic acids is 2. The number of hydrogen-bond acceptors (Lipinski definition) is 6. The molecule has 1 unspecified atom stereocenters. The Balaban J connectivity index is 1.71. The number of aliphatic hydroxyl groups is 1. The van der Waals surface area contributed by atoms with Gasteiger partial charge in [0.25, 0.3) is 11.7 Å². The smallest absolute Gasteiger partial charge is 0.295 e. The molecule has 9 heteroatoms. The Labute approximate surface area is 185 Å². The summed E-state index contributed by atoms with van der Waals surface area (Å²) in [5.74, 6) is -2.43. The summed E-state index contributed by atoms with van der Waals surface area (Å²) in [5, 5.41) is 17.9. The second-order valence-corrected chi connectivity index (χ2v) is 8.13. The minimum Gasteiger partial charge on any atom is -0.507 e. The molecule has 2 aliphatic heterocycles. The highest BCUT2D eigenvalue weighted by Crippen LogP contribution is 2.41. The number of halogens is 1. The third kappa shape index (κ3) is 4.05. The van der Waals surface area contributed by atoms with Crippen molar-refractivity contribution in [2.45, 2.75) is 26.3 Å². The largest absolute Gasteiger partial charge is 0.507 e. The fourth-order valence-corrected chi connectivity index (χ4v) is 4.45. The van der Waals surface area contributed by atoms with Crippen LogP contribution in [-0.2, 0) is 14.3 Å². The van der Waals surface area contributed by atoms with Crippen molar-refractivity contribution in [1.82, 2.24) is 20.0 Å². The van der Waals surface area contributed by atoms with Crippen LogP contribution in [0.1, 0.15) is 35.0 Å². The van der Waals surface area contributed by atoms with Gasteiger partial charge in [-0.25, -0.2) is 4.39 Å². The van der Waals surface area contributed by atoms with Crippen LogP contribution in [-0.4, -0.2) is 76.2 Å². The average Bonchev–Trinajstić information content (AvgIpc) is 3.25. The molecule has 32 heavy (non-hydrogen) atoms. The van der Waals surface area contributed by atoms with E-state index in [2.05, 4.69) is 15.1 Å². The molecule has 2 saturated heterocycles. The predicted octanol–water partition coefficient (Wildman–Crippen LogP) is 2.31. The summed E-state index contributed by atoms with van der Waals surface area (Å²) in [6.07, 6.45) is 0.613. The quantitative estimate of drug-likeness (QED) is 0.405. The number of benzene rings is 1. The predicted molar refractivity (Wildman–Crippen MR) is 115 cm³/mol. The number of aromatic amines is 1. The van der Waals surface area contributed by atoms with E-state index in [1.54, 1.807) is 32.0 Å². The SMILES string of the molecule is Cc1n[nH]c(C)c1C(O)=C1C(=O)C(=O)N(CCCN2CCOCC2)C1c1ccccc1F. The number of hydrogen-bond donors (Lipinski definition) is 2. The van der Waals surface area contributed by atoms with Gasteiger partial charge in [-0.3, -0.25) is 19.6 Å². The number of nitrogens with zero attached hydrogens (tertiary/aromatic N) is 3. The van der Waals surface area contributed by atoms with Crippen LogP contribution in [0.2, 0.25) is 0 Å². The van der Waals surface area contributed by atoms with E-state index in [4.69, 9.17) is 4.74 Å². The van der Waals surface area contributed by atoms with Crippen LogP contribution in [0.5, 0.6) is 0 Å². The maximum atomic E-state index is 14.8. The zero-order chi connectivity index (χ0) is 22.8. The van der Waals surface area contributed by atoms with Gasteiger partial charge in [-0.05, 0) is 26.3 Å². The lowest BCUT2D eigenvalue weighted by Crippen LogP contribution is -2.39.